The molecule has 1 aromatic carbocycles. The minimum atomic E-state index is -0.434. The lowest BCUT2D eigenvalue weighted by Gasteiger charge is -2.57. The molecule has 5 rings (SSSR count). The third kappa shape index (κ3) is 6.65. The highest BCUT2D eigenvalue weighted by Gasteiger charge is 2.47. The molecule has 0 unspecified atom stereocenters. The predicted octanol–water partition coefficient (Wildman–Crippen LogP) is 5.70. The molecular formula is C31H46FN7OS. The molecule has 10 heteroatoms. The van der Waals surface area contributed by atoms with Gasteiger partial charge in [0.15, 0.2) is 5.82 Å². The van der Waals surface area contributed by atoms with E-state index in [9.17, 15) is 9.18 Å². The zero-order valence-electron chi connectivity index (χ0n) is 25.2. The van der Waals surface area contributed by atoms with Gasteiger partial charge in [-0.05, 0) is 96.1 Å². The van der Waals surface area contributed by atoms with Crippen LogP contribution in [-0.2, 0) is 0 Å². The number of rotatable bonds is 9. The highest BCUT2D eigenvalue weighted by molar-refractivity contribution is 7.96. The van der Waals surface area contributed by atoms with Crippen LogP contribution >= 0.6 is 11.9 Å². The molecule has 1 saturated carbocycles. The van der Waals surface area contributed by atoms with Gasteiger partial charge in [-0.3, -0.25) is 14.4 Å². The standard InChI is InChI=1S/C31H46FN7OS/c1-21(2)39(22(3)4)30(40)26-16-23(32)6-11-27(26)35-28-17-33-20-34-29(28)37-14-12-31(13-15-37)18-38(19-31)25-9-7-24(8-10-25)36-41-5/h6,11,16-17,20-22,24-25,35-36H,7-10,12-15,18-19H2,1-5H3. The maximum absolute atomic E-state index is 14.4. The number of piperidine rings is 1. The van der Waals surface area contributed by atoms with Crippen molar-refractivity contribution in [2.45, 2.75) is 90.4 Å². The van der Waals surface area contributed by atoms with Crippen molar-refractivity contribution in [3.05, 3.63) is 42.1 Å². The average molecular weight is 584 g/mol. The number of carbonyl (C=O) groups is 1. The monoisotopic (exact) mass is 583 g/mol. The number of hydrogen-bond acceptors (Lipinski definition) is 8. The summed E-state index contributed by atoms with van der Waals surface area (Å²) in [7, 11) is 0. The van der Waals surface area contributed by atoms with E-state index in [1.807, 2.05) is 27.7 Å². The minimum Gasteiger partial charge on any atom is -0.355 e. The highest BCUT2D eigenvalue weighted by atomic mass is 32.2. The van der Waals surface area contributed by atoms with Crippen LogP contribution in [0.4, 0.5) is 21.6 Å². The lowest BCUT2D eigenvalue weighted by Crippen LogP contribution is -2.63. The van der Waals surface area contributed by atoms with Crippen molar-refractivity contribution in [2.24, 2.45) is 5.41 Å². The zero-order chi connectivity index (χ0) is 29.1. The Bertz CT molecular complexity index is 1180. The smallest absolute Gasteiger partial charge is 0.256 e. The second kappa shape index (κ2) is 12.8. The summed E-state index contributed by atoms with van der Waals surface area (Å²) in [6.07, 6.45) is 12.9. The summed E-state index contributed by atoms with van der Waals surface area (Å²) in [5, 5.41) is 3.39. The van der Waals surface area contributed by atoms with Crippen LogP contribution in [-0.4, -0.2) is 82.3 Å². The maximum Gasteiger partial charge on any atom is 0.256 e. The summed E-state index contributed by atoms with van der Waals surface area (Å²) in [4.78, 5) is 29.3. The number of likely N-dealkylation sites (tertiary alicyclic amines) is 1. The highest BCUT2D eigenvalue weighted by Crippen LogP contribution is 2.44. The first kappa shape index (κ1) is 30.0. The van der Waals surface area contributed by atoms with Crippen LogP contribution in [0.5, 0.6) is 0 Å². The fraction of sp³-hybridized carbons (Fsp3) is 0.645. The number of halogens is 1. The van der Waals surface area contributed by atoms with Gasteiger partial charge in [0.05, 0.1) is 17.4 Å². The van der Waals surface area contributed by atoms with Crippen LogP contribution < -0.4 is 14.9 Å². The van der Waals surface area contributed by atoms with E-state index in [1.54, 1.807) is 35.4 Å². The van der Waals surface area contributed by atoms with Gasteiger partial charge in [-0.1, -0.05) is 11.9 Å². The van der Waals surface area contributed by atoms with Gasteiger partial charge in [0.2, 0.25) is 0 Å². The lowest BCUT2D eigenvalue weighted by molar-refractivity contribution is -0.0565. The van der Waals surface area contributed by atoms with Crippen molar-refractivity contribution >= 4 is 35.0 Å². The van der Waals surface area contributed by atoms with Crippen LogP contribution in [0.25, 0.3) is 0 Å². The zero-order valence-corrected chi connectivity index (χ0v) is 26.0. The van der Waals surface area contributed by atoms with E-state index in [2.05, 4.69) is 36.1 Å². The van der Waals surface area contributed by atoms with Crippen molar-refractivity contribution in [2.75, 3.05) is 42.7 Å². The van der Waals surface area contributed by atoms with Gasteiger partial charge < -0.3 is 15.1 Å². The van der Waals surface area contributed by atoms with Crippen LogP contribution in [0.15, 0.2) is 30.7 Å². The Hall–Kier alpha value is -2.43. The van der Waals surface area contributed by atoms with E-state index < -0.39 is 5.82 Å². The second-order valence-electron chi connectivity index (χ2n) is 12.7. The lowest BCUT2D eigenvalue weighted by atomic mass is 9.70. The molecule has 3 heterocycles. The summed E-state index contributed by atoms with van der Waals surface area (Å²) < 4.78 is 17.9. The Morgan fingerprint density at radius 2 is 1.76 bits per heavy atom. The molecule has 0 atom stereocenters. The molecule has 2 aromatic rings. The van der Waals surface area contributed by atoms with Gasteiger partial charge in [0, 0.05) is 50.3 Å². The minimum absolute atomic E-state index is 0.00969. The fourth-order valence-electron chi connectivity index (χ4n) is 7.12. The molecule has 3 fully saturated rings. The third-order valence-corrected chi connectivity index (χ3v) is 9.79. The first-order chi connectivity index (χ1) is 19.7. The van der Waals surface area contributed by atoms with E-state index in [-0.39, 0.29) is 18.0 Å². The molecule has 1 amide bonds. The Morgan fingerprint density at radius 3 is 2.39 bits per heavy atom. The summed E-state index contributed by atoms with van der Waals surface area (Å²) in [5.74, 6) is 0.202. The summed E-state index contributed by atoms with van der Waals surface area (Å²) in [5.41, 5.74) is 2.02. The largest absolute Gasteiger partial charge is 0.355 e. The fourth-order valence-corrected chi connectivity index (χ4v) is 7.69. The Kier molecular flexibility index (Phi) is 9.40. The van der Waals surface area contributed by atoms with Crippen molar-refractivity contribution in [3.63, 3.8) is 0 Å². The first-order valence-corrected chi connectivity index (χ1v) is 16.4. The molecule has 2 saturated heterocycles. The number of nitrogens with one attached hydrogen (secondary N) is 2. The Morgan fingerprint density at radius 1 is 1.07 bits per heavy atom. The molecule has 1 aromatic heterocycles. The van der Waals surface area contributed by atoms with Crippen LogP contribution in [0.1, 0.15) is 76.6 Å². The molecule has 0 radical (unpaired) electrons. The molecule has 224 valence electrons. The normalized spacial score (nSPS) is 22.7. The van der Waals surface area contributed by atoms with Crippen LogP contribution in [0.2, 0.25) is 0 Å². The van der Waals surface area contributed by atoms with Gasteiger partial charge in [0.1, 0.15) is 17.8 Å². The Labute approximate surface area is 249 Å². The molecule has 41 heavy (non-hydrogen) atoms. The van der Waals surface area contributed by atoms with Crippen molar-refractivity contribution in [1.29, 1.82) is 0 Å². The van der Waals surface area contributed by atoms with Crippen molar-refractivity contribution < 1.29 is 9.18 Å². The van der Waals surface area contributed by atoms with E-state index >= 15 is 0 Å². The van der Waals surface area contributed by atoms with E-state index in [0.717, 1.165) is 43.5 Å². The topological polar surface area (TPSA) is 76.6 Å². The number of benzene rings is 1. The average Bonchev–Trinajstić information content (AvgIpc) is 2.93. The number of anilines is 3. The molecule has 0 bridgehead atoms. The van der Waals surface area contributed by atoms with E-state index in [0.29, 0.717) is 22.7 Å². The molecule has 3 aliphatic rings. The van der Waals surface area contributed by atoms with Crippen LogP contribution in [0.3, 0.4) is 0 Å². The van der Waals surface area contributed by atoms with Gasteiger partial charge in [-0.25, -0.2) is 14.4 Å². The number of carbonyl (C=O) groups excluding carboxylic acids is 1. The SMILES string of the molecule is CSNC1CCC(N2CC3(CCN(c4ncncc4Nc4ccc(F)cc4C(=O)N(C(C)C)C(C)C)CC3)C2)CC1. The Balaban J connectivity index is 1.24. The maximum atomic E-state index is 14.4. The molecular weight excluding hydrogens is 537 g/mol. The second-order valence-corrected chi connectivity index (χ2v) is 13.3. The number of amides is 1. The summed E-state index contributed by atoms with van der Waals surface area (Å²) in [6, 6.07) is 5.74. The van der Waals surface area contributed by atoms with E-state index in [4.69, 9.17) is 0 Å². The quantitative estimate of drug-likeness (QED) is 0.364. The predicted molar refractivity (Wildman–Crippen MR) is 166 cm³/mol. The molecule has 2 N–H and O–H groups in total. The van der Waals surface area contributed by atoms with Crippen molar-refractivity contribution in [3.8, 4) is 0 Å². The molecule has 2 aliphatic heterocycles. The third-order valence-electron chi connectivity index (χ3n) is 9.22. The molecule has 1 spiro atoms. The summed E-state index contributed by atoms with van der Waals surface area (Å²) in [6.45, 7) is 12.2. The summed E-state index contributed by atoms with van der Waals surface area (Å²) >= 11 is 1.75. The van der Waals surface area contributed by atoms with Gasteiger partial charge in [0.25, 0.3) is 5.91 Å². The van der Waals surface area contributed by atoms with Gasteiger partial charge in [-0.2, -0.15) is 0 Å². The first-order valence-electron chi connectivity index (χ1n) is 15.2. The molecule has 1 aliphatic carbocycles. The van der Waals surface area contributed by atoms with Gasteiger partial charge in [-0.15, -0.1) is 0 Å². The van der Waals surface area contributed by atoms with Crippen LogP contribution in [0, 0.1) is 11.2 Å². The number of hydrogen-bond donors (Lipinski definition) is 2. The van der Waals surface area contributed by atoms with Crippen molar-refractivity contribution in [1.82, 2.24) is 24.5 Å². The number of aromatic nitrogens is 2. The number of nitrogens with zero attached hydrogens (tertiary/aromatic N) is 5. The van der Waals surface area contributed by atoms with Gasteiger partial charge >= 0.3 is 0 Å². The molecule has 8 nitrogen and oxygen atoms in total. The van der Waals surface area contributed by atoms with E-state index in [1.165, 1.54) is 50.9 Å².